The lowest BCUT2D eigenvalue weighted by Gasteiger charge is -2.12. The van der Waals surface area contributed by atoms with Crippen molar-refractivity contribution in [1.29, 1.82) is 0 Å². The SMILES string of the molecule is Cn1cc(-c2ccc(-n3nnc4cnc(NC5CCC(N)C5)nc43)cc2)cn1. The minimum absolute atomic E-state index is 0.256. The van der Waals surface area contributed by atoms with Crippen LogP contribution in [0.25, 0.3) is 28.0 Å². The van der Waals surface area contributed by atoms with E-state index in [0.717, 1.165) is 36.1 Å². The molecule has 3 heterocycles. The molecule has 1 aliphatic rings. The number of aromatic nitrogens is 7. The van der Waals surface area contributed by atoms with Crippen LogP contribution in [0, 0.1) is 0 Å². The molecule has 1 aromatic carbocycles. The zero-order valence-corrected chi connectivity index (χ0v) is 15.5. The van der Waals surface area contributed by atoms with Crippen molar-refractivity contribution in [3.05, 3.63) is 42.9 Å². The number of hydrogen-bond acceptors (Lipinski definition) is 7. The number of nitrogens with zero attached hydrogens (tertiary/aromatic N) is 7. The third kappa shape index (κ3) is 3.09. The van der Waals surface area contributed by atoms with E-state index in [2.05, 4.69) is 30.7 Å². The van der Waals surface area contributed by atoms with Gasteiger partial charge in [0.1, 0.15) is 0 Å². The Morgan fingerprint density at radius 3 is 2.68 bits per heavy atom. The second kappa shape index (κ2) is 6.68. The van der Waals surface area contributed by atoms with E-state index >= 15 is 0 Å². The van der Waals surface area contributed by atoms with E-state index in [1.165, 1.54) is 0 Å². The van der Waals surface area contributed by atoms with Gasteiger partial charge in [-0.2, -0.15) is 14.8 Å². The highest BCUT2D eigenvalue weighted by Crippen LogP contribution is 2.23. The molecule has 1 saturated carbocycles. The maximum atomic E-state index is 6.00. The Hall–Kier alpha value is -3.33. The molecular formula is C19H21N9. The van der Waals surface area contributed by atoms with Crippen LogP contribution in [0.15, 0.2) is 42.9 Å². The average Bonchev–Trinajstić information content (AvgIpc) is 3.42. The van der Waals surface area contributed by atoms with Gasteiger partial charge in [0, 0.05) is 30.9 Å². The molecule has 2 atom stereocenters. The topological polar surface area (TPSA) is 112 Å². The fraction of sp³-hybridized carbons (Fsp3) is 0.316. The van der Waals surface area contributed by atoms with Gasteiger partial charge in [0.2, 0.25) is 5.95 Å². The van der Waals surface area contributed by atoms with Crippen LogP contribution in [0.1, 0.15) is 19.3 Å². The molecule has 0 saturated heterocycles. The minimum Gasteiger partial charge on any atom is -0.351 e. The molecule has 3 aromatic heterocycles. The third-order valence-electron chi connectivity index (χ3n) is 5.15. The van der Waals surface area contributed by atoms with Crippen molar-refractivity contribution < 1.29 is 0 Å². The van der Waals surface area contributed by atoms with E-state index in [1.54, 1.807) is 15.6 Å². The molecule has 2 unspecified atom stereocenters. The molecule has 0 bridgehead atoms. The first kappa shape index (κ1) is 16.8. The third-order valence-corrected chi connectivity index (χ3v) is 5.15. The van der Waals surface area contributed by atoms with E-state index in [1.807, 2.05) is 43.7 Å². The van der Waals surface area contributed by atoms with E-state index in [4.69, 9.17) is 5.73 Å². The van der Waals surface area contributed by atoms with Crippen molar-refractivity contribution in [3.8, 4) is 16.8 Å². The molecule has 0 radical (unpaired) electrons. The van der Waals surface area contributed by atoms with E-state index in [-0.39, 0.29) is 6.04 Å². The Bertz CT molecular complexity index is 1110. The van der Waals surface area contributed by atoms with Crippen molar-refractivity contribution in [2.75, 3.05) is 5.32 Å². The van der Waals surface area contributed by atoms with Crippen molar-refractivity contribution in [2.45, 2.75) is 31.3 Å². The highest BCUT2D eigenvalue weighted by atomic mass is 15.4. The van der Waals surface area contributed by atoms with Gasteiger partial charge in [-0.3, -0.25) is 4.68 Å². The van der Waals surface area contributed by atoms with Gasteiger partial charge in [0.15, 0.2) is 11.2 Å². The van der Waals surface area contributed by atoms with Gasteiger partial charge in [-0.15, -0.1) is 5.10 Å². The summed E-state index contributed by atoms with van der Waals surface area (Å²) >= 11 is 0. The smallest absolute Gasteiger partial charge is 0.225 e. The molecule has 3 N–H and O–H groups in total. The predicted octanol–water partition coefficient (Wildman–Crippen LogP) is 1.90. The molecule has 1 aliphatic carbocycles. The number of aryl methyl sites for hydroxylation is 1. The lowest BCUT2D eigenvalue weighted by Crippen LogP contribution is -2.21. The number of nitrogens with one attached hydrogen (secondary N) is 1. The summed E-state index contributed by atoms with van der Waals surface area (Å²) in [7, 11) is 1.91. The molecule has 9 nitrogen and oxygen atoms in total. The van der Waals surface area contributed by atoms with E-state index in [0.29, 0.717) is 23.2 Å². The Morgan fingerprint density at radius 2 is 1.96 bits per heavy atom. The summed E-state index contributed by atoms with van der Waals surface area (Å²) in [5.41, 5.74) is 10.4. The average molecular weight is 375 g/mol. The Labute approximate surface area is 161 Å². The number of fused-ring (bicyclic) bond motifs is 1. The number of nitrogens with two attached hydrogens (primary N) is 1. The Morgan fingerprint density at radius 1 is 1.11 bits per heavy atom. The zero-order valence-electron chi connectivity index (χ0n) is 15.5. The largest absolute Gasteiger partial charge is 0.351 e. The van der Waals surface area contributed by atoms with Crippen LogP contribution >= 0.6 is 0 Å². The highest BCUT2D eigenvalue weighted by Gasteiger charge is 2.22. The molecule has 4 aromatic rings. The summed E-state index contributed by atoms with van der Waals surface area (Å²) in [5.74, 6) is 0.585. The fourth-order valence-corrected chi connectivity index (χ4v) is 3.67. The lowest BCUT2D eigenvalue weighted by atomic mass is 10.1. The van der Waals surface area contributed by atoms with Crippen LogP contribution in [0.5, 0.6) is 0 Å². The van der Waals surface area contributed by atoms with Crippen molar-refractivity contribution >= 4 is 17.1 Å². The molecule has 142 valence electrons. The van der Waals surface area contributed by atoms with Crippen LogP contribution in [-0.4, -0.2) is 46.8 Å². The second-order valence-corrected chi connectivity index (χ2v) is 7.27. The van der Waals surface area contributed by atoms with Crippen LogP contribution in [0.4, 0.5) is 5.95 Å². The van der Waals surface area contributed by atoms with Gasteiger partial charge in [0.05, 0.1) is 18.1 Å². The molecule has 28 heavy (non-hydrogen) atoms. The number of hydrogen-bond donors (Lipinski definition) is 2. The summed E-state index contributed by atoms with van der Waals surface area (Å²) in [6, 6.07) is 8.66. The quantitative estimate of drug-likeness (QED) is 0.560. The minimum atomic E-state index is 0.256. The Balaban J connectivity index is 1.44. The van der Waals surface area contributed by atoms with Crippen LogP contribution in [0.2, 0.25) is 0 Å². The number of rotatable bonds is 4. The molecule has 5 rings (SSSR count). The van der Waals surface area contributed by atoms with Gasteiger partial charge in [-0.1, -0.05) is 17.3 Å². The Kier molecular flexibility index (Phi) is 4.01. The maximum absolute atomic E-state index is 6.00. The summed E-state index contributed by atoms with van der Waals surface area (Å²) in [6.45, 7) is 0. The molecule has 9 heteroatoms. The first-order valence-electron chi connectivity index (χ1n) is 9.36. The molecule has 0 spiro atoms. The monoisotopic (exact) mass is 375 g/mol. The van der Waals surface area contributed by atoms with Crippen LogP contribution < -0.4 is 11.1 Å². The molecular weight excluding hydrogens is 354 g/mol. The van der Waals surface area contributed by atoms with Crippen molar-refractivity contribution in [2.24, 2.45) is 12.8 Å². The predicted molar refractivity (Wildman–Crippen MR) is 106 cm³/mol. The normalized spacial score (nSPS) is 19.4. The maximum Gasteiger partial charge on any atom is 0.225 e. The van der Waals surface area contributed by atoms with Crippen molar-refractivity contribution in [3.63, 3.8) is 0 Å². The van der Waals surface area contributed by atoms with E-state index in [9.17, 15) is 0 Å². The van der Waals surface area contributed by atoms with Gasteiger partial charge in [-0.25, -0.2) is 4.98 Å². The standard InChI is InChI=1S/C19H21N9/c1-27-11-13(9-22-27)12-2-6-16(7-3-12)28-18-17(25-26-28)10-21-19(24-18)23-15-5-4-14(20)8-15/h2-3,6-7,9-11,14-15H,4-5,8,20H2,1H3,(H,21,23,24). The fourth-order valence-electron chi connectivity index (χ4n) is 3.67. The van der Waals surface area contributed by atoms with Gasteiger partial charge in [-0.05, 0) is 37.0 Å². The second-order valence-electron chi connectivity index (χ2n) is 7.27. The summed E-state index contributed by atoms with van der Waals surface area (Å²) < 4.78 is 3.52. The molecule has 0 aliphatic heterocycles. The molecule has 1 fully saturated rings. The molecule has 0 amide bonds. The number of anilines is 1. The first-order valence-corrected chi connectivity index (χ1v) is 9.36. The lowest BCUT2D eigenvalue weighted by molar-refractivity contribution is 0.685. The number of benzene rings is 1. The van der Waals surface area contributed by atoms with Gasteiger partial charge < -0.3 is 11.1 Å². The van der Waals surface area contributed by atoms with E-state index < -0.39 is 0 Å². The first-order chi connectivity index (χ1) is 13.7. The summed E-state index contributed by atoms with van der Waals surface area (Å²) in [4.78, 5) is 9.02. The summed E-state index contributed by atoms with van der Waals surface area (Å²) in [6.07, 6.45) is 8.54. The van der Waals surface area contributed by atoms with Crippen LogP contribution in [0.3, 0.4) is 0 Å². The van der Waals surface area contributed by atoms with Crippen molar-refractivity contribution in [1.82, 2.24) is 34.7 Å². The van der Waals surface area contributed by atoms with Gasteiger partial charge in [0.25, 0.3) is 0 Å². The highest BCUT2D eigenvalue weighted by molar-refractivity contribution is 5.72. The summed E-state index contributed by atoms with van der Waals surface area (Å²) in [5, 5.41) is 16.1. The van der Waals surface area contributed by atoms with Gasteiger partial charge >= 0.3 is 0 Å². The van der Waals surface area contributed by atoms with Crippen LogP contribution in [-0.2, 0) is 7.05 Å². The zero-order chi connectivity index (χ0) is 19.1.